The monoisotopic (exact) mass is 489 g/mol. The van der Waals surface area contributed by atoms with Gasteiger partial charge < -0.3 is 15.5 Å². The molecule has 1 fully saturated rings. The molecule has 1 atom stereocenters. The Morgan fingerprint density at radius 2 is 2.12 bits per heavy atom. The molecule has 166 valence electrons. The second-order valence-corrected chi connectivity index (χ2v) is 9.16. The Bertz CT molecular complexity index is 1110. The van der Waals surface area contributed by atoms with Crippen molar-refractivity contribution in [2.75, 3.05) is 18.4 Å². The Hall–Kier alpha value is -2.68. The van der Waals surface area contributed by atoms with Gasteiger partial charge in [0.2, 0.25) is 5.91 Å². The summed E-state index contributed by atoms with van der Waals surface area (Å²) in [5.41, 5.74) is 1.90. The van der Waals surface area contributed by atoms with Crippen molar-refractivity contribution in [3.63, 3.8) is 0 Å². The van der Waals surface area contributed by atoms with Crippen LogP contribution in [0.15, 0.2) is 48.1 Å². The zero-order valence-electron chi connectivity index (χ0n) is 17.1. The highest BCUT2D eigenvalue weighted by molar-refractivity contribution is 7.14. The summed E-state index contributed by atoms with van der Waals surface area (Å²) < 4.78 is 0. The van der Waals surface area contributed by atoms with Crippen molar-refractivity contribution in [1.82, 2.24) is 20.2 Å². The lowest BCUT2D eigenvalue weighted by atomic mass is 9.97. The molecule has 0 saturated carbocycles. The second kappa shape index (κ2) is 10.3. The van der Waals surface area contributed by atoms with Crippen LogP contribution in [0.2, 0.25) is 10.0 Å². The van der Waals surface area contributed by atoms with Gasteiger partial charge in [0.1, 0.15) is 5.69 Å². The highest BCUT2D eigenvalue weighted by atomic mass is 35.5. The molecule has 4 rings (SSSR count). The molecule has 2 aromatic heterocycles. The van der Waals surface area contributed by atoms with Gasteiger partial charge in [-0.15, -0.1) is 11.3 Å². The van der Waals surface area contributed by atoms with E-state index < -0.39 is 0 Å². The molecule has 2 amide bonds. The first-order chi connectivity index (χ1) is 15.5. The van der Waals surface area contributed by atoms with E-state index in [4.69, 9.17) is 23.2 Å². The minimum absolute atomic E-state index is 0.0532. The van der Waals surface area contributed by atoms with E-state index in [1.54, 1.807) is 40.9 Å². The van der Waals surface area contributed by atoms with Crippen molar-refractivity contribution in [3.8, 4) is 0 Å². The number of pyridine rings is 1. The zero-order chi connectivity index (χ0) is 22.5. The molecule has 0 bridgehead atoms. The van der Waals surface area contributed by atoms with Crippen LogP contribution < -0.4 is 10.6 Å². The lowest BCUT2D eigenvalue weighted by Gasteiger charge is -2.31. The van der Waals surface area contributed by atoms with Crippen LogP contribution in [-0.2, 0) is 11.3 Å². The predicted molar refractivity (Wildman–Crippen MR) is 127 cm³/mol. The summed E-state index contributed by atoms with van der Waals surface area (Å²) in [6.07, 6.45) is 4.93. The zero-order valence-corrected chi connectivity index (χ0v) is 19.4. The fourth-order valence-corrected chi connectivity index (χ4v) is 4.55. The maximum absolute atomic E-state index is 13.0. The molecule has 0 aliphatic carbocycles. The number of nitrogens with zero attached hydrogens (tertiary/aromatic N) is 3. The normalized spacial score (nSPS) is 15.9. The van der Waals surface area contributed by atoms with E-state index in [2.05, 4.69) is 20.6 Å². The Morgan fingerprint density at radius 1 is 1.25 bits per heavy atom. The molecule has 1 aromatic carbocycles. The fraction of sp³-hybridized carbons (Fsp3) is 0.273. The summed E-state index contributed by atoms with van der Waals surface area (Å²) in [5.74, 6) is -0.482. The van der Waals surface area contributed by atoms with E-state index in [-0.39, 0.29) is 17.7 Å². The third-order valence-corrected chi connectivity index (χ3v) is 6.48. The van der Waals surface area contributed by atoms with Gasteiger partial charge in [-0.1, -0.05) is 29.3 Å². The summed E-state index contributed by atoms with van der Waals surface area (Å²) in [7, 11) is 0. The predicted octanol–water partition coefficient (Wildman–Crippen LogP) is 4.76. The van der Waals surface area contributed by atoms with Crippen molar-refractivity contribution < 1.29 is 9.59 Å². The molecule has 1 saturated heterocycles. The summed E-state index contributed by atoms with van der Waals surface area (Å²) in [6.45, 7) is 1.40. The number of carbonyl (C=O) groups excluding carboxylic acids is 2. The number of nitrogens with one attached hydrogen (secondary N) is 2. The Labute approximate surface area is 199 Å². The van der Waals surface area contributed by atoms with Crippen LogP contribution in [0, 0.1) is 5.92 Å². The fourth-order valence-electron chi connectivity index (χ4n) is 3.51. The molecule has 0 unspecified atom stereocenters. The number of benzene rings is 1. The van der Waals surface area contributed by atoms with E-state index in [9.17, 15) is 9.59 Å². The third-order valence-electron chi connectivity index (χ3n) is 5.16. The minimum Gasteiger partial charge on any atom is -0.352 e. The number of halogens is 2. The lowest BCUT2D eigenvalue weighted by molar-refractivity contribution is -0.126. The number of amides is 2. The van der Waals surface area contributed by atoms with Gasteiger partial charge in [0.25, 0.3) is 5.91 Å². The molecule has 1 aliphatic heterocycles. The van der Waals surface area contributed by atoms with Crippen LogP contribution in [0.3, 0.4) is 0 Å². The van der Waals surface area contributed by atoms with Gasteiger partial charge in [-0.3, -0.25) is 14.6 Å². The van der Waals surface area contributed by atoms with Crippen LogP contribution in [0.5, 0.6) is 0 Å². The maximum Gasteiger partial charge on any atom is 0.273 e. The van der Waals surface area contributed by atoms with Gasteiger partial charge in [-0.2, -0.15) is 0 Å². The summed E-state index contributed by atoms with van der Waals surface area (Å²) >= 11 is 13.5. The van der Waals surface area contributed by atoms with Gasteiger partial charge in [0.15, 0.2) is 5.13 Å². The first-order valence-corrected chi connectivity index (χ1v) is 11.8. The van der Waals surface area contributed by atoms with Gasteiger partial charge in [0.05, 0.1) is 16.6 Å². The molecule has 3 aromatic rings. The highest BCUT2D eigenvalue weighted by Gasteiger charge is 2.29. The smallest absolute Gasteiger partial charge is 0.273 e. The second-order valence-electron chi connectivity index (χ2n) is 7.46. The number of likely N-dealkylation sites (tertiary alicyclic amines) is 1. The van der Waals surface area contributed by atoms with Gasteiger partial charge in [-0.05, 0) is 42.7 Å². The van der Waals surface area contributed by atoms with Crippen LogP contribution in [0.4, 0.5) is 10.8 Å². The number of piperidine rings is 1. The van der Waals surface area contributed by atoms with E-state index in [1.165, 1.54) is 11.3 Å². The van der Waals surface area contributed by atoms with E-state index in [1.807, 2.05) is 12.1 Å². The SMILES string of the molecule is O=C(NCc1cccnc1)[C@H]1CCCN(C(=O)c2csc(Nc3cc(Cl)ccc3Cl)n2)C1. The van der Waals surface area contributed by atoms with Gasteiger partial charge in [0, 0.05) is 42.4 Å². The van der Waals surface area contributed by atoms with Crippen molar-refractivity contribution in [3.05, 3.63) is 69.4 Å². The van der Waals surface area contributed by atoms with Crippen molar-refractivity contribution in [2.24, 2.45) is 5.92 Å². The topological polar surface area (TPSA) is 87.2 Å². The largest absolute Gasteiger partial charge is 0.352 e. The van der Waals surface area contributed by atoms with Crippen molar-refractivity contribution in [2.45, 2.75) is 19.4 Å². The Kier molecular flexibility index (Phi) is 7.24. The molecular weight excluding hydrogens is 469 g/mol. The summed E-state index contributed by atoms with van der Waals surface area (Å²) in [4.78, 5) is 35.8. The summed E-state index contributed by atoms with van der Waals surface area (Å²) in [6, 6.07) is 8.84. The molecule has 32 heavy (non-hydrogen) atoms. The number of thiazole rings is 1. The number of rotatable bonds is 6. The Balaban J connectivity index is 1.36. The molecule has 10 heteroatoms. The first kappa shape index (κ1) is 22.5. The minimum atomic E-state index is -0.245. The maximum atomic E-state index is 13.0. The van der Waals surface area contributed by atoms with E-state index >= 15 is 0 Å². The number of hydrogen-bond acceptors (Lipinski definition) is 6. The van der Waals surface area contributed by atoms with Crippen LogP contribution in [0.25, 0.3) is 0 Å². The molecular formula is C22H21Cl2N5O2S. The average Bonchev–Trinajstić information content (AvgIpc) is 3.28. The van der Waals surface area contributed by atoms with E-state index in [0.29, 0.717) is 46.2 Å². The number of carbonyl (C=O) groups is 2. The molecule has 3 heterocycles. The third kappa shape index (κ3) is 5.56. The van der Waals surface area contributed by atoms with Crippen LogP contribution in [0.1, 0.15) is 28.9 Å². The average molecular weight is 490 g/mol. The van der Waals surface area contributed by atoms with Crippen molar-refractivity contribution in [1.29, 1.82) is 0 Å². The molecule has 0 radical (unpaired) electrons. The quantitative estimate of drug-likeness (QED) is 0.521. The van der Waals surface area contributed by atoms with Gasteiger partial charge in [-0.25, -0.2) is 4.98 Å². The number of anilines is 2. The Morgan fingerprint density at radius 3 is 2.94 bits per heavy atom. The molecule has 0 spiro atoms. The lowest BCUT2D eigenvalue weighted by Crippen LogP contribution is -2.45. The van der Waals surface area contributed by atoms with Crippen molar-refractivity contribution >= 4 is 57.2 Å². The van der Waals surface area contributed by atoms with Gasteiger partial charge >= 0.3 is 0 Å². The van der Waals surface area contributed by atoms with E-state index in [0.717, 1.165) is 18.4 Å². The van der Waals surface area contributed by atoms with Crippen LogP contribution >= 0.6 is 34.5 Å². The first-order valence-electron chi connectivity index (χ1n) is 10.1. The molecule has 1 aliphatic rings. The standard InChI is InChI=1S/C22H21Cl2N5O2S/c23-16-5-6-17(24)18(9-16)27-22-28-19(13-32-22)21(31)29-8-2-4-15(12-29)20(30)26-11-14-3-1-7-25-10-14/h1,3,5-7,9-10,13,15H,2,4,8,11-12H2,(H,26,30)(H,27,28)/t15-/m0/s1. The molecule has 7 nitrogen and oxygen atoms in total. The number of aromatic nitrogens is 2. The highest BCUT2D eigenvalue weighted by Crippen LogP contribution is 2.30. The molecule has 2 N–H and O–H groups in total. The van der Waals surface area contributed by atoms with Crippen LogP contribution in [-0.4, -0.2) is 39.8 Å². The summed E-state index contributed by atoms with van der Waals surface area (Å²) in [5, 5.41) is 9.35. The number of hydrogen-bond donors (Lipinski definition) is 2.